The summed E-state index contributed by atoms with van der Waals surface area (Å²) in [5.41, 5.74) is 0. The molecule has 1 fully saturated rings. The van der Waals surface area contributed by atoms with Crippen LogP contribution in [0, 0.1) is 0 Å². The van der Waals surface area contributed by atoms with Crippen LogP contribution in [0.4, 0.5) is 39.5 Å². The average molecular weight is 587 g/mol. The Morgan fingerprint density at radius 2 is 1.41 bits per heavy atom. The highest BCUT2D eigenvalue weighted by Crippen LogP contribution is 2.65. The molecule has 1 saturated heterocycles. The maximum Gasteiger partial charge on any atom is 0.460 e. The van der Waals surface area contributed by atoms with E-state index in [-0.39, 0.29) is 29.2 Å². The fourth-order valence-corrected chi connectivity index (χ4v) is 9.39. The number of hydrogen-bond donors (Lipinski definition) is 0. The van der Waals surface area contributed by atoms with Crippen LogP contribution < -0.4 is 4.74 Å². The standard InChI is InChI=1S/C22H23F9O4S2/c1-2-3-10-34-17-8-6-16-14-18(9-7-15(16)13-17)36(11-4-5-12-36)35-37(32,33)22(30,31)20(25,26)19(23,24)21(27,28)29/h6-9,13-14H,2-5,10-12H2,1H3. The first kappa shape index (κ1) is 29.7. The Hall–Kier alpha value is -1.87. The van der Waals surface area contributed by atoms with Gasteiger partial charge in [0.2, 0.25) is 0 Å². The molecule has 1 aliphatic rings. The molecule has 0 spiro atoms. The van der Waals surface area contributed by atoms with Crippen molar-refractivity contribution in [2.24, 2.45) is 0 Å². The number of fused-ring (bicyclic) bond motifs is 1. The van der Waals surface area contributed by atoms with Crippen molar-refractivity contribution in [1.82, 2.24) is 0 Å². The molecule has 2 aromatic rings. The van der Waals surface area contributed by atoms with E-state index < -0.39 is 43.7 Å². The molecule has 0 saturated carbocycles. The van der Waals surface area contributed by atoms with Crippen molar-refractivity contribution >= 4 is 31.2 Å². The quantitative estimate of drug-likeness (QED) is 0.212. The van der Waals surface area contributed by atoms with Crippen LogP contribution in [0.25, 0.3) is 10.8 Å². The molecule has 0 aliphatic carbocycles. The van der Waals surface area contributed by atoms with E-state index in [0.717, 1.165) is 12.8 Å². The predicted octanol–water partition coefficient (Wildman–Crippen LogP) is 7.66. The van der Waals surface area contributed by atoms with Crippen LogP contribution >= 0.6 is 10.3 Å². The minimum atomic E-state index is -7.35. The largest absolute Gasteiger partial charge is 0.494 e. The molecule has 1 heterocycles. The Morgan fingerprint density at radius 1 is 0.838 bits per heavy atom. The van der Waals surface area contributed by atoms with E-state index in [0.29, 0.717) is 23.1 Å². The van der Waals surface area contributed by atoms with Crippen molar-refractivity contribution < 1.29 is 56.3 Å². The molecule has 210 valence electrons. The van der Waals surface area contributed by atoms with Crippen LogP contribution in [0.1, 0.15) is 32.6 Å². The topological polar surface area (TPSA) is 52.6 Å². The number of halogens is 9. The zero-order chi connectivity index (χ0) is 27.9. The Bertz CT molecular complexity index is 1220. The summed E-state index contributed by atoms with van der Waals surface area (Å²) in [6.45, 7) is 2.44. The molecule has 0 atom stereocenters. The van der Waals surface area contributed by atoms with E-state index in [4.69, 9.17) is 4.74 Å². The Morgan fingerprint density at radius 3 is 1.97 bits per heavy atom. The lowest BCUT2D eigenvalue weighted by Gasteiger charge is -2.38. The van der Waals surface area contributed by atoms with Gasteiger partial charge < -0.3 is 4.74 Å². The molecule has 37 heavy (non-hydrogen) atoms. The number of unbranched alkanes of at least 4 members (excludes halogenated alkanes) is 1. The van der Waals surface area contributed by atoms with Gasteiger partial charge in [0.15, 0.2) is 0 Å². The summed E-state index contributed by atoms with van der Waals surface area (Å²) in [7, 11) is -10.3. The first-order valence-corrected chi connectivity index (χ1v) is 14.3. The van der Waals surface area contributed by atoms with Gasteiger partial charge in [0.25, 0.3) is 0 Å². The van der Waals surface area contributed by atoms with Gasteiger partial charge >= 0.3 is 33.4 Å². The zero-order valence-electron chi connectivity index (χ0n) is 19.3. The predicted molar refractivity (Wildman–Crippen MR) is 120 cm³/mol. The van der Waals surface area contributed by atoms with Gasteiger partial charge in [-0.3, -0.25) is 0 Å². The smallest absolute Gasteiger partial charge is 0.460 e. The maximum atomic E-state index is 14.3. The molecule has 4 nitrogen and oxygen atoms in total. The summed E-state index contributed by atoms with van der Waals surface area (Å²) in [5, 5.41) is -5.79. The number of ether oxygens (including phenoxy) is 1. The molecule has 0 radical (unpaired) electrons. The molecule has 0 bridgehead atoms. The molecule has 0 unspecified atom stereocenters. The Labute approximate surface area is 208 Å². The summed E-state index contributed by atoms with van der Waals surface area (Å²) in [6.07, 6.45) is -4.97. The number of alkyl halides is 9. The lowest BCUT2D eigenvalue weighted by Crippen LogP contribution is -2.63. The lowest BCUT2D eigenvalue weighted by atomic mass is 10.1. The summed E-state index contributed by atoms with van der Waals surface area (Å²) in [4.78, 5) is 0.0439. The molecule has 15 heteroatoms. The third-order valence-corrected chi connectivity index (χ3v) is 11.5. The zero-order valence-corrected chi connectivity index (χ0v) is 20.9. The van der Waals surface area contributed by atoms with Crippen molar-refractivity contribution in [3.8, 4) is 5.75 Å². The molecule has 0 N–H and O–H groups in total. The van der Waals surface area contributed by atoms with E-state index in [1.165, 1.54) is 18.2 Å². The number of benzene rings is 2. The van der Waals surface area contributed by atoms with Crippen molar-refractivity contribution in [3.05, 3.63) is 36.4 Å². The van der Waals surface area contributed by atoms with Crippen LogP contribution in [-0.4, -0.2) is 49.8 Å². The highest BCUT2D eigenvalue weighted by Gasteiger charge is 2.86. The van der Waals surface area contributed by atoms with Crippen LogP contribution in [0.2, 0.25) is 0 Å². The highest BCUT2D eigenvalue weighted by molar-refractivity contribution is 8.33. The molecular formula is C22H23F9O4S2. The van der Waals surface area contributed by atoms with Crippen molar-refractivity contribution in [1.29, 1.82) is 0 Å². The van der Waals surface area contributed by atoms with Gasteiger partial charge in [-0.25, -0.2) is 3.63 Å². The SMILES string of the molecule is CCCCOc1ccc2cc(S3(OS(=O)(=O)C(F)(F)C(F)(F)C(F)(F)C(F)(F)F)CCCC3)ccc2c1. The van der Waals surface area contributed by atoms with Gasteiger partial charge in [0.05, 0.1) is 6.61 Å². The minimum absolute atomic E-state index is 0.0439. The second-order valence-electron chi connectivity index (χ2n) is 8.49. The third kappa shape index (κ3) is 5.22. The normalized spacial score (nSPS) is 18.2. The summed E-state index contributed by atoms with van der Waals surface area (Å²) in [5.74, 6) is -14.6. The summed E-state index contributed by atoms with van der Waals surface area (Å²) < 4.78 is 155. The summed E-state index contributed by atoms with van der Waals surface area (Å²) >= 11 is 0. The van der Waals surface area contributed by atoms with Gasteiger partial charge in [-0.1, -0.05) is 35.8 Å². The van der Waals surface area contributed by atoms with Crippen LogP contribution in [0.15, 0.2) is 41.3 Å². The van der Waals surface area contributed by atoms with E-state index in [1.807, 2.05) is 6.92 Å². The lowest BCUT2D eigenvalue weighted by molar-refractivity contribution is -0.382. The Balaban J connectivity index is 1.98. The molecule has 0 aromatic heterocycles. The summed E-state index contributed by atoms with van der Waals surface area (Å²) in [6, 6.07) is 9.06. The molecular weight excluding hydrogens is 563 g/mol. The molecule has 3 rings (SSSR count). The van der Waals surface area contributed by atoms with Crippen molar-refractivity contribution in [2.45, 2.75) is 60.8 Å². The highest BCUT2D eigenvalue weighted by atomic mass is 32.3. The molecule has 2 aromatic carbocycles. The number of hydrogen-bond acceptors (Lipinski definition) is 4. The van der Waals surface area contributed by atoms with E-state index in [2.05, 4.69) is 3.63 Å². The first-order chi connectivity index (χ1) is 16.9. The maximum absolute atomic E-state index is 14.3. The van der Waals surface area contributed by atoms with Crippen molar-refractivity contribution in [3.63, 3.8) is 0 Å². The monoisotopic (exact) mass is 586 g/mol. The van der Waals surface area contributed by atoms with E-state index in [9.17, 15) is 47.9 Å². The van der Waals surface area contributed by atoms with Gasteiger partial charge in [0, 0.05) is 16.4 Å². The van der Waals surface area contributed by atoms with Gasteiger partial charge in [-0.05, 0) is 54.3 Å². The van der Waals surface area contributed by atoms with Crippen LogP contribution in [0.3, 0.4) is 0 Å². The second kappa shape index (κ2) is 10.0. The van der Waals surface area contributed by atoms with Crippen LogP contribution in [0.5, 0.6) is 5.75 Å². The van der Waals surface area contributed by atoms with E-state index >= 15 is 0 Å². The molecule has 0 amide bonds. The third-order valence-electron chi connectivity index (χ3n) is 5.83. The fraction of sp³-hybridized carbons (Fsp3) is 0.545. The molecule has 1 aliphatic heterocycles. The second-order valence-corrected chi connectivity index (χ2v) is 13.4. The Kier molecular flexibility index (Phi) is 8.04. The van der Waals surface area contributed by atoms with Gasteiger partial charge in [-0.15, -0.1) is 0 Å². The number of rotatable bonds is 10. The van der Waals surface area contributed by atoms with Gasteiger partial charge in [-0.2, -0.15) is 47.9 Å². The average Bonchev–Trinajstić information content (AvgIpc) is 3.26. The van der Waals surface area contributed by atoms with Gasteiger partial charge in [0.1, 0.15) is 5.75 Å². The minimum Gasteiger partial charge on any atom is -0.494 e. The first-order valence-electron chi connectivity index (χ1n) is 11.0. The van der Waals surface area contributed by atoms with E-state index in [1.54, 1.807) is 18.2 Å². The van der Waals surface area contributed by atoms with Crippen molar-refractivity contribution in [2.75, 3.05) is 18.1 Å². The fourth-order valence-electron chi connectivity index (χ4n) is 3.70. The van der Waals surface area contributed by atoms with Crippen LogP contribution in [-0.2, 0) is 13.7 Å².